The van der Waals surface area contributed by atoms with Crippen LogP contribution < -0.4 is 0 Å². The highest BCUT2D eigenvalue weighted by Crippen LogP contribution is 2.55. The van der Waals surface area contributed by atoms with Crippen LogP contribution in [0.2, 0.25) is 54.4 Å². The third kappa shape index (κ3) is 4.12. The lowest BCUT2D eigenvalue weighted by Crippen LogP contribution is -2.52. The van der Waals surface area contributed by atoms with Gasteiger partial charge in [-0.15, -0.1) is 0 Å². The summed E-state index contributed by atoms with van der Waals surface area (Å²) in [5.74, 6) is 0.436. The van der Waals surface area contributed by atoms with E-state index < -0.39 is 24.2 Å². The first-order valence-electron chi connectivity index (χ1n) is 14.7. The van der Waals surface area contributed by atoms with Gasteiger partial charge in [-0.25, -0.2) is 0 Å². The number of carbonyl (C=O) groups excluding carboxylic acids is 1. The second-order valence-electron chi connectivity index (χ2n) is 11.0. The van der Waals surface area contributed by atoms with Crippen LogP contribution in [0.1, 0.15) is 73.4 Å². The Balaban J connectivity index is 2.67. The van der Waals surface area contributed by atoms with Crippen LogP contribution in [0.3, 0.4) is 0 Å². The normalized spacial score (nSPS) is 16.6. The van der Waals surface area contributed by atoms with Gasteiger partial charge in [0.05, 0.1) is 24.2 Å². The van der Waals surface area contributed by atoms with E-state index in [1.165, 1.54) is 76.3 Å². The number of fused-ring (bicyclic) bond motifs is 3. The highest BCUT2D eigenvalue weighted by molar-refractivity contribution is 7.00. The smallest absolute Gasteiger partial charge is 0.185 e. The van der Waals surface area contributed by atoms with Gasteiger partial charge in [0.2, 0.25) is 0 Å². The molecular weight excluding hydrogens is 473 g/mol. The number of Topliss-reactive ketones (excluding diaryl/α,β-unsaturated/α-hetero) is 1. The number of rotatable bonds is 12. The second kappa shape index (κ2) is 11.0. The van der Waals surface area contributed by atoms with E-state index >= 15 is 0 Å². The Morgan fingerprint density at radius 3 is 1.40 bits per heavy atom. The molecule has 2 aliphatic carbocycles. The van der Waals surface area contributed by atoms with Gasteiger partial charge in [-0.05, 0) is 28.0 Å². The van der Waals surface area contributed by atoms with Gasteiger partial charge in [-0.1, -0.05) is 151 Å². The highest BCUT2D eigenvalue weighted by atomic mass is 28.3. The summed E-state index contributed by atoms with van der Waals surface area (Å²) in [4.78, 5) is 14.9. The molecule has 4 heteroatoms. The van der Waals surface area contributed by atoms with E-state index in [9.17, 15) is 4.79 Å². The van der Waals surface area contributed by atoms with Crippen molar-refractivity contribution >= 4 is 41.7 Å². The van der Waals surface area contributed by atoms with Crippen LogP contribution in [0.15, 0.2) is 45.4 Å². The molecule has 0 atom stereocenters. The minimum absolute atomic E-state index is 0.436. The van der Waals surface area contributed by atoms with Crippen molar-refractivity contribution in [1.29, 1.82) is 0 Å². The van der Waals surface area contributed by atoms with E-state index in [1.807, 2.05) is 0 Å². The third-order valence-electron chi connectivity index (χ3n) is 10.7. The van der Waals surface area contributed by atoms with Crippen molar-refractivity contribution in [2.24, 2.45) is 0 Å². The van der Waals surface area contributed by atoms with Gasteiger partial charge >= 0.3 is 0 Å². The quantitative estimate of drug-likeness (QED) is 0.250. The van der Waals surface area contributed by atoms with Crippen molar-refractivity contribution < 1.29 is 4.79 Å². The molecule has 0 fully saturated rings. The summed E-state index contributed by atoms with van der Waals surface area (Å²) in [5.41, 5.74) is 5.06. The summed E-state index contributed by atoms with van der Waals surface area (Å²) in [7, 11) is -5.55. The maximum absolute atomic E-state index is 14.9. The molecule has 0 bridgehead atoms. The second-order valence-corrected chi connectivity index (χ2v) is 26.5. The third-order valence-corrected chi connectivity index (χ3v) is 28.0. The molecule has 0 aromatic heterocycles. The number of carbonyl (C=O) groups is 1. The zero-order valence-corrected chi connectivity index (χ0v) is 27.2. The van der Waals surface area contributed by atoms with Gasteiger partial charge in [0.25, 0.3) is 0 Å². The van der Waals surface area contributed by atoms with E-state index in [1.54, 1.807) is 10.4 Å². The maximum atomic E-state index is 14.9. The van der Waals surface area contributed by atoms with Gasteiger partial charge in [0, 0.05) is 5.57 Å². The molecule has 0 aliphatic heterocycles. The number of hydrogen-bond donors (Lipinski definition) is 0. The molecular formula is C31H50OSi3. The van der Waals surface area contributed by atoms with Gasteiger partial charge in [0.15, 0.2) is 5.78 Å². The van der Waals surface area contributed by atoms with Gasteiger partial charge in [0.1, 0.15) is 0 Å². The monoisotopic (exact) mass is 522 g/mol. The molecule has 1 aromatic rings. The van der Waals surface area contributed by atoms with Crippen LogP contribution in [0.25, 0.3) is 11.6 Å². The standard InChI is InChI=1S/C31H50OSi3/c1-10-33(11-2,12-3)29-27-25-22-20-19-21-24(25)23-26(27)28(32)30(34(13-4,14-5)15-6)31(29)35(16-7,17-8)18-9/h19-23H,10-18H2,1-9H3. The zero-order valence-electron chi connectivity index (χ0n) is 24.2. The van der Waals surface area contributed by atoms with Crippen molar-refractivity contribution in [3.05, 3.63) is 56.6 Å². The largest absolute Gasteiger partial charge is 0.289 e. The lowest BCUT2D eigenvalue weighted by Gasteiger charge is -2.48. The minimum Gasteiger partial charge on any atom is -0.289 e. The van der Waals surface area contributed by atoms with Crippen LogP contribution in [-0.4, -0.2) is 30.0 Å². The molecule has 1 nitrogen and oxygen atoms in total. The summed E-state index contributed by atoms with van der Waals surface area (Å²) in [6.45, 7) is 21.9. The molecule has 0 heterocycles. The maximum Gasteiger partial charge on any atom is 0.185 e. The van der Waals surface area contributed by atoms with E-state index in [4.69, 9.17) is 0 Å². The summed E-state index contributed by atoms with van der Waals surface area (Å²) in [6, 6.07) is 20.0. The molecule has 0 radical (unpaired) electrons. The Labute approximate surface area is 219 Å². The first-order chi connectivity index (χ1) is 16.8. The Kier molecular flexibility index (Phi) is 8.92. The first kappa shape index (κ1) is 28.3. The van der Waals surface area contributed by atoms with E-state index in [0.29, 0.717) is 5.78 Å². The predicted octanol–water partition coefficient (Wildman–Crippen LogP) is 9.86. The number of hydrogen-bond acceptors (Lipinski definition) is 1. The van der Waals surface area contributed by atoms with Crippen LogP contribution >= 0.6 is 0 Å². The molecule has 0 spiro atoms. The fourth-order valence-corrected chi connectivity index (χ4v) is 22.6. The summed E-state index contributed by atoms with van der Waals surface area (Å²) in [6.07, 6.45) is 2.27. The molecule has 2 aliphatic rings. The minimum atomic E-state index is -1.91. The SMILES string of the molecule is CC[Si](CC)(CC)C1=C2C(=Cc3ccccc32)C(=O)C([Si](CC)(CC)CC)=C1[Si](CC)(CC)CC. The predicted molar refractivity (Wildman–Crippen MR) is 165 cm³/mol. The Hall–Kier alpha value is -1.24. The number of allylic oxidation sites excluding steroid dienone is 5. The molecule has 0 saturated carbocycles. The molecule has 1 aromatic carbocycles. The van der Waals surface area contributed by atoms with Gasteiger partial charge < -0.3 is 0 Å². The van der Waals surface area contributed by atoms with Crippen molar-refractivity contribution in [2.75, 3.05) is 0 Å². The van der Waals surface area contributed by atoms with Crippen LogP contribution in [-0.2, 0) is 4.79 Å². The topological polar surface area (TPSA) is 17.1 Å². The Bertz CT molecular complexity index is 1020. The van der Waals surface area contributed by atoms with Crippen molar-refractivity contribution in [2.45, 2.75) is 117 Å². The number of ketones is 1. The Morgan fingerprint density at radius 2 is 0.943 bits per heavy atom. The Morgan fingerprint density at radius 1 is 0.543 bits per heavy atom. The first-order valence-corrected chi connectivity index (χ1v) is 22.5. The molecule has 192 valence electrons. The highest BCUT2D eigenvalue weighted by Gasteiger charge is 2.53. The zero-order chi connectivity index (χ0) is 26.0. The lowest BCUT2D eigenvalue weighted by atomic mass is 9.95. The molecule has 35 heavy (non-hydrogen) atoms. The summed E-state index contributed by atoms with van der Waals surface area (Å²) in [5, 5.41) is 4.89. The average Bonchev–Trinajstić information content (AvgIpc) is 3.30. The van der Waals surface area contributed by atoms with Gasteiger partial charge in [-0.3, -0.25) is 4.79 Å². The van der Waals surface area contributed by atoms with E-state index in [-0.39, 0.29) is 0 Å². The summed E-state index contributed by atoms with van der Waals surface area (Å²) < 4.78 is 0. The fraction of sp³-hybridized carbons (Fsp3) is 0.581. The molecule has 0 amide bonds. The average molecular weight is 523 g/mol. The molecule has 0 N–H and O–H groups in total. The van der Waals surface area contributed by atoms with Gasteiger partial charge in [-0.2, -0.15) is 0 Å². The molecule has 0 saturated heterocycles. The van der Waals surface area contributed by atoms with Crippen LogP contribution in [0, 0.1) is 0 Å². The molecule has 0 unspecified atom stereocenters. The van der Waals surface area contributed by atoms with Crippen LogP contribution in [0.4, 0.5) is 0 Å². The number of benzene rings is 1. The molecule has 3 rings (SSSR count). The van der Waals surface area contributed by atoms with E-state index in [2.05, 4.69) is 92.7 Å². The van der Waals surface area contributed by atoms with Crippen molar-refractivity contribution in [3.8, 4) is 0 Å². The lowest BCUT2D eigenvalue weighted by molar-refractivity contribution is -0.111. The van der Waals surface area contributed by atoms with Crippen molar-refractivity contribution in [3.63, 3.8) is 0 Å². The summed E-state index contributed by atoms with van der Waals surface area (Å²) >= 11 is 0. The van der Waals surface area contributed by atoms with Crippen LogP contribution in [0.5, 0.6) is 0 Å². The van der Waals surface area contributed by atoms with Crippen molar-refractivity contribution in [1.82, 2.24) is 0 Å². The fourth-order valence-electron chi connectivity index (χ4n) is 7.58. The van der Waals surface area contributed by atoms with E-state index in [0.717, 1.165) is 5.57 Å².